The molecule has 0 aliphatic carbocycles. The van der Waals surface area contributed by atoms with Crippen LogP contribution in [0.25, 0.3) is 0 Å². The molecule has 1 N–H and O–H groups in total. The Morgan fingerprint density at radius 2 is 2.19 bits per heavy atom. The lowest BCUT2D eigenvalue weighted by atomic mass is 10.1. The molecule has 0 radical (unpaired) electrons. The van der Waals surface area contributed by atoms with Gasteiger partial charge in [0.1, 0.15) is 6.33 Å². The minimum Gasteiger partial charge on any atom is -0.481 e. The van der Waals surface area contributed by atoms with Crippen LogP contribution in [-0.4, -0.2) is 29.7 Å². The summed E-state index contributed by atoms with van der Waals surface area (Å²) in [6, 6.07) is 0.429. The number of methoxy groups -OCH3 is 1. The summed E-state index contributed by atoms with van der Waals surface area (Å²) in [5.41, 5.74) is 2.10. The molecule has 90 valence electrons. The standard InChI is InChI=1S/C12H21N3O/c1-5-6-13-9(2)7-11-10(3)12(16-4)15-8-14-11/h8-9,13H,5-7H2,1-4H3. The molecule has 0 saturated heterocycles. The van der Waals surface area contributed by atoms with Gasteiger partial charge in [0.25, 0.3) is 0 Å². The zero-order valence-corrected chi connectivity index (χ0v) is 10.6. The fourth-order valence-electron chi connectivity index (χ4n) is 1.63. The molecule has 16 heavy (non-hydrogen) atoms. The van der Waals surface area contributed by atoms with Crippen molar-refractivity contribution in [3.05, 3.63) is 17.6 Å². The highest BCUT2D eigenvalue weighted by molar-refractivity contribution is 5.28. The van der Waals surface area contributed by atoms with Crippen molar-refractivity contribution in [1.82, 2.24) is 15.3 Å². The van der Waals surface area contributed by atoms with Gasteiger partial charge < -0.3 is 10.1 Å². The minimum atomic E-state index is 0.429. The quantitative estimate of drug-likeness (QED) is 0.797. The molecule has 0 fully saturated rings. The van der Waals surface area contributed by atoms with E-state index < -0.39 is 0 Å². The highest BCUT2D eigenvalue weighted by Crippen LogP contribution is 2.16. The van der Waals surface area contributed by atoms with E-state index in [1.54, 1.807) is 13.4 Å². The molecule has 0 amide bonds. The molecule has 1 aromatic rings. The van der Waals surface area contributed by atoms with E-state index >= 15 is 0 Å². The highest BCUT2D eigenvalue weighted by Gasteiger charge is 2.10. The Labute approximate surface area is 97.5 Å². The molecule has 1 heterocycles. The number of hydrogen-bond acceptors (Lipinski definition) is 4. The Morgan fingerprint density at radius 1 is 1.44 bits per heavy atom. The minimum absolute atomic E-state index is 0.429. The van der Waals surface area contributed by atoms with Crippen LogP contribution in [0.2, 0.25) is 0 Å². The van der Waals surface area contributed by atoms with Gasteiger partial charge in [0.15, 0.2) is 0 Å². The van der Waals surface area contributed by atoms with Crippen molar-refractivity contribution in [3.8, 4) is 5.88 Å². The van der Waals surface area contributed by atoms with Gasteiger partial charge in [-0.3, -0.25) is 0 Å². The van der Waals surface area contributed by atoms with E-state index in [2.05, 4.69) is 29.1 Å². The van der Waals surface area contributed by atoms with E-state index in [1.165, 1.54) is 0 Å². The molecule has 1 atom stereocenters. The first kappa shape index (κ1) is 12.9. The summed E-state index contributed by atoms with van der Waals surface area (Å²) in [5, 5.41) is 3.44. The molecule has 0 aliphatic heterocycles. The Morgan fingerprint density at radius 3 is 2.81 bits per heavy atom. The predicted octanol–water partition coefficient (Wildman–Crippen LogP) is 1.72. The zero-order valence-electron chi connectivity index (χ0n) is 10.6. The van der Waals surface area contributed by atoms with Crippen molar-refractivity contribution in [2.45, 2.75) is 39.7 Å². The van der Waals surface area contributed by atoms with Crippen LogP contribution in [-0.2, 0) is 6.42 Å². The van der Waals surface area contributed by atoms with Crippen LogP contribution >= 0.6 is 0 Å². The van der Waals surface area contributed by atoms with Crippen molar-refractivity contribution in [1.29, 1.82) is 0 Å². The third-order valence-corrected chi connectivity index (χ3v) is 2.58. The summed E-state index contributed by atoms with van der Waals surface area (Å²) >= 11 is 0. The molecule has 0 bridgehead atoms. The predicted molar refractivity (Wildman–Crippen MR) is 64.8 cm³/mol. The summed E-state index contributed by atoms with van der Waals surface area (Å²) in [4.78, 5) is 8.38. The van der Waals surface area contributed by atoms with Crippen molar-refractivity contribution in [2.24, 2.45) is 0 Å². The van der Waals surface area contributed by atoms with Crippen LogP contribution in [0.5, 0.6) is 5.88 Å². The fraction of sp³-hybridized carbons (Fsp3) is 0.667. The smallest absolute Gasteiger partial charge is 0.219 e. The summed E-state index contributed by atoms with van der Waals surface area (Å²) in [7, 11) is 1.64. The van der Waals surface area contributed by atoms with E-state index in [0.29, 0.717) is 11.9 Å². The molecule has 1 rings (SSSR count). The maximum absolute atomic E-state index is 5.18. The van der Waals surface area contributed by atoms with Crippen LogP contribution in [0, 0.1) is 6.92 Å². The van der Waals surface area contributed by atoms with Gasteiger partial charge in [0, 0.05) is 18.0 Å². The van der Waals surface area contributed by atoms with Crippen LogP contribution < -0.4 is 10.1 Å². The number of aromatic nitrogens is 2. The molecule has 1 aromatic heterocycles. The zero-order chi connectivity index (χ0) is 12.0. The van der Waals surface area contributed by atoms with E-state index in [9.17, 15) is 0 Å². The first-order valence-electron chi connectivity index (χ1n) is 5.76. The second kappa shape index (κ2) is 6.43. The maximum Gasteiger partial charge on any atom is 0.219 e. The molecule has 4 heteroatoms. The average Bonchev–Trinajstić information content (AvgIpc) is 2.29. The lowest BCUT2D eigenvalue weighted by molar-refractivity contribution is 0.391. The van der Waals surface area contributed by atoms with Crippen LogP contribution in [0.4, 0.5) is 0 Å². The molecule has 0 spiro atoms. The van der Waals surface area contributed by atoms with Crippen molar-refractivity contribution < 1.29 is 4.74 Å². The third kappa shape index (κ3) is 3.45. The van der Waals surface area contributed by atoms with Gasteiger partial charge in [-0.2, -0.15) is 0 Å². The van der Waals surface area contributed by atoms with Gasteiger partial charge in [-0.1, -0.05) is 6.92 Å². The normalized spacial score (nSPS) is 12.5. The Balaban J connectivity index is 2.66. The van der Waals surface area contributed by atoms with Gasteiger partial charge >= 0.3 is 0 Å². The highest BCUT2D eigenvalue weighted by atomic mass is 16.5. The van der Waals surface area contributed by atoms with E-state index in [0.717, 1.165) is 30.6 Å². The fourth-order valence-corrected chi connectivity index (χ4v) is 1.63. The molecule has 1 unspecified atom stereocenters. The molecule has 0 aromatic carbocycles. The van der Waals surface area contributed by atoms with Gasteiger partial charge in [0.2, 0.25) is 5.88 Å². The van der Waals surface area contributed by atoms with Crippen LogP contribution in [0.3, 0.4) is 0 Å². The second-order valence-corrected chi connectivity index (χ2v) is 4.01. The van der Waals surface area contributed by atoms with Gasteiger partial charge in [-0.25, -0.2) is 9.97 Å². The SMILES string of the molecule is CCCNC(C)Cc1ncnc(OC)c1C. The first-order chi connectivity index (χ1) is 7.69. The van der Waals surface area contributed by atoms with E-state index in [1.807, 2.05) is 6.92 Å². The molecule has 4 nitrogen and oxygen atoms in total. The number of rotatable bonds is 6. The average molecular weight is 223 g/mol. The summed E-state index contributed by atoms with van der Waals surface area (Å²) < 4.78 is 5.18. The molecule has 0 saturated carbocycles. The van der Waals surface area contributed by atoms with E-state index in [4.69, 9.17) is 4.74 Å². The molecule has 0 aliphatic rings. The largest absolute Gasteiger partial charge is 0.481 e. The lowest BCUT2D eigenvalue weighted by Crippen LogP contribution is -2.29. The van der Waals surface area contributed by atoms with E-state index in [-0.39, 0.29) is 0 Å². The van der Waals surface area contributed by atoms with Crippen LogP contribution in [0.15, 0.2) is 6.33 Å². The Kier molecular flexibility index (Phi) is 5.19. The second-order valence-electron chi connectivity index (χ2n) is 4.01. The van der Waals surface area contributed by atoms with Crippen LogP contribution in [0.1, 0.15) is 31.5 Å². The first-order valence-corrected chi connectivity index (χ1v) is 5.76. The monoisotopic (exact) mass is 223 g/mol. The summed E-state index contributed by atoms with van der Waals surface area (Å²) in [5.74, 6) is 0.674. The van der Waals surface area contributed by atoms with Gasteiger partial charge in [0.05, 0.1) is 12.8 Å². The maximum atomic E-state index is 5.18. The van der Waals surface area contributed by atoms with Crippen molar-refractivity contribution >= 4 is 0 Å². The van der Waals surface area contributed by atoms with Gasteiger partial charge in [-0.05, 0) is 26.8 Å². The number of ether oxygens (including phenoxy) is 1. The summed E-state index contributed by atoms with van der Waals surface area (Å²) in [6.45, 7) is 7.38. The Bertz CT molecular complexity index is 328. The number of nitrogens with one attached hydrogen (secondary N) is 1. The number of hydrogen-bond donors (Lipinski definition) is 1. The molecular formula is C12H21N3O. The van der Waals surface area contributed by atoms with Gasteiger partial charge in [-0.15, -0.1) is 0 Å². The lowest BCUT2D eigenvalue weighted by Gasteiger charge is -2.14. The molecular weight excluding hydrogens is 202 g/mol. The third-order valence-electron chi connectivity index (χ3n) is 2.58. The topological polar surface area (TPSA) is 47.0 Å². The number of nitrogens with zero attached hydrogens (tertiary/aromatic N) is 2. The van der Waals surface area contributed by atoms with Crippen molar-refractivity contribution in [2.75, 3.05) is 13.7 Å². The van der Waals surface area contributed by atoms with Crippen molar-refractivity contribution in [3.63, 3.8) is 0 Å². The Hall–Kier alpha value is -1.16. The summed E-state index contributed by atoms with van der Waals surface area (Å²) in [6.07, 6.45) is 3.62.